The second-order valence-corrected chi connectivity index (χ2v) is 2.53. The molecule has 0 saturated carbocycles. The summed E-state index contributed by atoms with van der Waals surface area (Å²) in [6, 6.07) is 0. The summed E-state index contributed by atoms with van der Waals surface area (Å²) in [6.45, 7) is 1.58. The first-order valence-electron chi connectivity index (χ1n) is 3.64. The third kappa shape index (κ3) is 6.95. The van der Waals surface area contributed by atoms with Crippen molar-refractivity contribution in [3.8, 4) is 0 Å². The van der Waals surface area contributed by atoms with Gasteiger partial charge in [0.1, 0.15) is 0 Å². The van der Waals surface area contributed by atoms with Gasteiger partial charge >= 0.3 is 5.97 Å². The summed E-state index contributed by atoms with van der Waals surface area (Å²) in [4.78, 5) is 20.7. The standard InChI is InChI=1S/C8H12O4/c1-6(9)2-3-7(10)4-5-8(11)12/h4-6,9H,2-3H2,1H3,(H,11,12)/b5-4+. The van der Waals surface area contributed by atoms with E-state index in [1.54, 1.807) is 6.92 Å². The topological polar surface area (TPSA) is 74.6 Å². The van der Waals surface area contributed by atoms with E-state index in [9.17, 15) is 9.59 Å². The zero-order valence-corrected chi connectivity index (χ0v) is 6.86. The van der Waals surface area contributed by atoms with Crippen molar-refractivity contribution < 1.29 is 19.8 Å². The highest BCUT2D eigenvalue weighted by molar-refractivity contribution is 5.95. The fourth-order valence-corrected chi connectivity index (χ4v) is 0.599. The molecule has 0 heterocycles. The van der Waals surface area contributed by atoms with Crippen LogP contribution in [-0.4, -0.2) is 28.1 Å². The van der Waals surface area contributed by atoms with Gasteiger partial charge in [-0.15, -0.1) is 0 Å². The summed E-state index contributed by atoms with van der Waals surface area (Å²) in [7, 11) is 0. The zero-order valence-electron chi connectivity index (χ0n) is 6.86. The summed E-state index contributed by atoms with van der Waals surface area (Å²) < 4.78 is 0. The van der Waals surface area contributed by atoms with Crippen LogP contribution in [0.1, 0.15) is 19.8 Å². The van der Waals surface area contributed by atoms with Crippen LogP contribution in [0.25, 0.3) is 0 Å². The van der Waals surface area contributed by atoms with E-state index in [1.807, 2.05) is 0 Å². The zero-order chi connectivity index (χ0) is 9.56. The molecule has 0 aliphatic carbocycles. The van der Waals surface area contributed by atoms with Gasteiger partial charge in [0.05, 0.1) is 6.10 Å². The third-order valence-electron chi connectivity index (χ3n) is 1.22. The first-order chi connectivity index (χ1) is 5.52. The molecular weight excluding hydrogens is 160 g/mol. The number of hydrogen-bond donors (Lipinski definition) is 2. The van der Waals surface area contributed by atoms with Gasteiger partial charge in [-0.25, -0.2) is 4.79 Å². The first-order valence-corrected chi connectivity index (χ1v) is 3.64. The van der Waals surface area contributed by atoms with Crippen LogP contribution in [0.4, 0.5) is 0 Å². The molecule has 0 amide bonds. The number of aliphatic hydroxyl groups is 1. The number of aliphatic hydroxyl groups excluding tert-OH is 1. The molecular formula is C8H12O4. The average Bonchev–Trinajstić information content (AvgIpc) is 1.96. The number of carbonyl (C=O) groups is 2. The summed E-state index contributed by atoms with van der Waals surface area (Å²) in [5.41, 5.74) is 0. The maximum absolute atomic E-state index is 10.8. The smallest absolute Gasteiger partial charge is 0.328 e. The minimum Gasteiger partial charge on any atom is -0.478 e. The maximum Gasteiger partial charge on any atom is 0.328 e. The summed E-state index contributed by atoms with van der Waals surface area (Å²) in [6.07, 6.45) is 1.83. The second kappa shape index (κ2) is 5.49. The van der Waals surface area contributed by atoms with Gasteiger partial charge in [-0.2, -0.15) is 0 Å². The van der Waals surface area contributed by atoms with Gasteiger partial charge in [0, 0.05) is 12.5 Å². The van der Waals surface area contributed by atoms with E-state index < -0.39 is 12.1 Å². The lowest BCUT2D eigenvalue weighted by molar-refractivity contribution is -0.131. The van der Waals surface area contributed by atoms with Crippen molar-refractivity contribution in [3.63, 3.8) is 0 Å². The van der Waals surface area contributed by atoms with Gasteiger partial charge in [0.2, 0.25) is 0 Å². The number of hydrogen-bond acceptors (Lipinski definition) is 3. The Hall–Kier alpha value is -1.16. The Labute approximate surface area is 70.5 Å². The Morgan fingerprint density at radius 2 is 2.00 bits per heavy atom. The summed E-state index contributed by atoms with van der Waals surface area (Å²) in [5.74, 6) is -1.42. The van der Waals surface area contributed by atoms with Gasteiger partial charge in [-0.3, -0.25) is 4.79 Å². The van der Waals surface area contributed by atoms with Crippen LogP contribution in [0.3, 0.4) is 0 Å². The molecule has 1 atom stereocenters. The predicted octanol–water partition coefficient (Wildman–Crippen LogP) is 0.357. The highest BCUT2D eigenvalue weighted by atomic mass is 16.4. The van der Waals surface area contributed by atoms with E-state index in [0.29, 0.717) is 6.42 Å². The summed E-state index contributed by atoms with van der Waals surface area (Å²) >= 11 is 0. The Morgan fingerprint density at radius 3 is 2.42 bits per heavy atom. The van der Waals surface area contributed by atoms with Crippen LogP contribution in [0.5, 0.6) is 0 Å². The van der Waals surface area contributed by atoms with Gasteiger partial charge in [-0.05, 0) is 19.4 Å². The number of carboxylic acids is 1. The fourth-order valence-electron chi connectivity index (χ4n) is 0.599. The van der Waals surface area contributed by atoms with Crippen molar-refractivity contribution in [1.29, 1.82) is 0 Å². The molecule has 4 nitrogen and oxygen atoms in total. The molecule has 0 spiro atoms. The number of ketones is 1. The van der Waals surface area contributed by atoms with Crippen molar-refractivity contribution in [3.05, 3.63) is 12.2 Å². The van der Waals surface area contributed by atoms with E-state index in [0.717, 1.165) is 12.2 Å². The van der Waals surface area contributed by atoms with Gasteiger partial charge in [0.25, 0.3) is 0 Å². The minimum atomic E-state index is -1.14. The number of allylic oxidation sites excluding steroid dienone is 1. The van der Waals surface area contributed by atoms with Crippen LogP contribution in [0.2, 0.25) is 0 Å². The second-order valence-electron chi connectivity index (χ2n) is 2.53. The minimum absolute atomic E-state index is 0.182. The van der Waals surface area contributed by atoms with E-state index in [-0.39, 0.29) is 12.2 Å². The molecule has 68 valence electrons. The number of aliphatic carboxylic acids is 1. The summed E-state index contributed by atoms with van der Waals surface area (Å²) in [5, 5.41) is 16.9. The molecule has 0 bridgehead atoms. The van der Waals surface area contributed by atoms with Crippen molar-refractivity contribution in [2.24, 2.45) is 0 Å². The van der Waals surface area contributed by atoms with Crippen molar-refractivity contribution in [1.82, 2.24) is 0 Å². The quantitative estimate of drug-likeness (QED) is 0.587. The monoisotopic (exact) mass is 172 g/mol. The molecule has 0 aliphatic heterocycles. The molecule has 2 N–H and O–H groups in total. The molecule has 0 rings (SSSR count). The van der Waals surface area contributed by atoms with Gasteiger partial charge < -0.3 is 10.2 Å². The van der Waals surface area contributed by atoms with Gasteiger partial charge in [0.15, 0.2) is 5.78 Å². The molecule has 0 radical (unpaired) electrons. The lowest BCUT2D eigenvalue weighted by Crippen LogP contribution is -2.03. The van der Waals surface area contributed by atoms with Crippen molar-refractivity contribution in [2.75, 3.05) is 0 Å². The SMILES string of the molecule is CC(O)CCC(=O)/C=C/C(=O)O. The molecule has 4 heteroatoms. The number of carboxylic acid groups (broad SMARTS) is 1. The van der Waals surface area contributed by atoms with Crippen LogP contribution in [0.15, 0.2) is 12.2 Å². The predicted molar refractivity (Wildman–Crippen MR) is 42.7 cm³/mol. The Kier molecular flexibility index (Phi) is 4.96. The molecule has 0 fully saturated rings. The number of carbonyl (C=O) groups excluding carboxylic acids is 1. The van der Waals surface area contributed by atoms with E-state index in [4.69, 9.17) is 10.2 Å². The van der Waals surface area contributed by atoms with Crippen LogP contribution < -0.4 is 0 Å². The Morgan fingerprint density at radius 1 is 1.42 bits per heavy atom. The van der Waals surface area contributed by atoms with E-state index >= 15 is 0 Å². The molecule has 1 unspecified atom stereocenters. The Balaban J connectivity index is 3.67. The van der Waals surface area contributed by atoms with E-state index in [1.165, 1.54) is 0 Å². The molecule has 12 heavy (non-hydrogen) atoms. The molecule has 0 aliphatic rings. The first kappa shape index (κ1) is 10.8. The largest absolute Gasteiger partial charge is 0.478 e. The average molecular weight is 172 g/mol. The maximum atomic E-state index is 10.8. The third-order valence-corrected chi connectivity index (χ3v) is 1.22. The molecule has 0 aromatic rings. The van der Waals surface area contributed by atoms with Crippen LogP contribution in [0, 0.1) is 0 Å². The van der Waals surface area contributed by atoms with E-state index in [2.05, 4.69) is 0 Å². The van der Waals surface area contributed by atoms with Crippen molar-refractivity contribution in [2.45, 2.75) is 25.9 Å². The van der Waals surface area contributed by atoms with Crippen LogP contribution >= 0.6 is 0 Å². The molecule has 0 aromatic carbocycles. The van der Waals surface area contributed by atoms with Crippen molar-refractivity contribution >= 4 is 11.8 Å². The normalized spacial score (nSPS) is 13.2. The highest BCUT2D eigenvalue weighted by Crippen LogP contribution is 1.97. The lowest BCUT2D eigenvalue weighted by Gasteiger charge is -1.99. The molecule has 0 saturated heterocycles. The molecule has 0 aromatic heterocycles. The Bertz CT molecular complexity index is 193. The fraction of sp³-hybridized carbons (Fsp3) is 0.500. The van der Waals surface area contributed by atoms with Crippen LogP contribution in [-0.2, 0) is 9.59 Å². The number of rotatable bonds is 5. The van der Waals surface area contributed by atoms with Gasteiger partial charge in [-0.1, -0.05) is 0 Å². The lowest BCUT2D eigenvalue weighted by atomic mass is 10.1. The highest BCUT2D eigenvalue weighted by Gasteiger charge is 2.00.